The SMILES string of the molecule is COc1ccc2nc(Cl)c(Cl)cc2c1. The van der Waals surface area contributed by atoms with Gasteiger partial charge in [-0.1, -0.05) is 23.2 Å². The molecule has 0 radical (unpaired) electrons. The van der Waals surface area contributed by atoms with Gasteiger partial charge < -0.3 is 4.74 Å². The lowest BCUT2D eigenvalue weighted by atomic mass is 10.2. The molecule has 0 N–H and O–H groups in total. The van der Waals surface area contributed by atoms with Crippen LogP contribution in [0.15, 0.2) is 24.3 Å². The van der Waals surface area contributed by atoms with Crippen molar-refractivity contribution >= 4 is 34.1 Å². The summed E-state index contributed by atoms with van der Waals surface area (Å²) in [6, 6.07) is 7.31. The van der Waals surface area contributed by atoms with E-state index in [0.29, 0.717) is 10.2 Å². The van der Waals surface area contributed by atoms with E-state index in [1.165, 1.54) is 0 Å². The molecule has 1 aromatic carbocycles. The number of hydrogen-bond donors (Lipinski definition) is 0. The van der Waals surface area contributed by atoms with Crippen molar-refractivity contribution in [3.8, 4) is 5.75 Å². The van der Waals surface area contributed by atoms with E-state index in [2.05, 4.69) is 4.98 Å². The summed E-state index contributed by atoms with van der Waals surface area (Å²) >= 11 is 11.6. The first-order valence-electron chi connectivity index (χ1n) is 4.00. The van der Waals surface area contributed by atoms with Gasteiger partial charge in [0, 0.05) is 5.39 Å². The van der Waals surface area contributed by atoms with E-state index < -0.39 is 0 Å². The highest BCUT2D eigenvalue weighted by molar-refractivity contribution is 6.41. The predicted octanol–water partition coefficient (Wildman–Crippen LogP) is 3.55. The predicted molar refractivity (Wildman–Crippen MR) is 58.3 cm³/mol. The zero-order valence-corrected chi connectivity index (χ0v) is 8.93. The molecule has 2 rings (SSSR count). The Hall–Kier alpha value is -0.990. The molecule has 2 aromatic rings. The highest BCUT2D eigenvalue weighted by Crippen LogP contribution is 2.26. The summed E-state index contributed by atoms with van der Waals surface area (Å²) in [5.74, 6) is 0.776. The second-order valence-corrected chi connectivity index (χ2v) is 3.58. The molecule has 0 aliphatic rings. The average Bonchev–Trinajstić information content (AvgIpc) is 2.19. The van der Waals surface area contributed by atoms with E-state index in [-0.39, 0.29) is 0 Å². The van der Waals surface area contributed by atoms with E-state index in [1.54, 1.807) is 13.2 Å². The van der Waals surface area contributed by atoms with Gasteiger partial charge in [-0.25, -0.2) is 4.98 Å². The first-order valence-corrected chi connectivity index (χ1v) is 4.76. The summed E-state index contributed by atoms with van der Waals surface area (Å²) < 4.78 is 5.09. The Bertz CT molecular complexity index is 485. The molecule has 0 fully saturated rings. The molecule has 72 valence electrons. The van der Waals surface area contributed by atoms with E-state index in [1.807, 2.05) is 18.2 Å². The normalized spacial score (nSPS) is 10.5. The van der Waals surface area contributed by atoms with Gasteiger partial charge in [-0.05, 0) is 24.3 Å². The van der Waals surface area contributed by atoms with Gasteiger partial charge >= 0.3 is 0 Å². The molecule has 0 amide bonds. The van der Waals surface area contributed by atoms with Crippen LogP contribution in [-0.4, -0.2) is 12.1 Å². The van der Waals surface area contributed by atoms with Gasteiger partial charge in [0.05, 0.1) is 17.6 Å². The van der Waals surface area contributed by atoms with Crippen LogP contribution in [0.2, 0.25) is 10.2 Å². The summed E-state index contributed by atoms with van der Waals surface area (Å²) in [7, 11) is 1.62. The van der Waals surface area contributed by atoms with Crippen molar-refractivity contribution in [3.05, 3.63) is 34.4 Å². The number of benzene rings is 1. The minimum atomic E-state index is 0.323. The lowest BCUT2D eigenvalue weighted by Gasteiger charge is -2.03. The van der Waals surface area contributed by atoms with E-state index in [9.17, 15) is 0 Å². The summed E-state index contributed by atoms with van der Waals surface area (Å²) in [4.78, 5) is 4.13. The number of ether oxygens (including phenoxy) is 1. The number of pyridine rings is 1. The molecule has 2 nitrogen and oxygen atoms in total. The van der Waals surface area contributed by atoms with Crippen LogP contribution in [-0.2, 0) is 0 Å². The highest BCUT2D eigenvalue weighted by Gasteiger charge is 2.03. The third-order valence-corrected chi connectivity index (χ3v) is 2.61. The molecule has 1 aromatic heterocycles. The molecule has 0 atom stereocenters. The second kappa shape index (κ2) is 3.64. The fraction of sp³-hybridized carbons (Fsp3) is 0.100. The van der Waals surface area contributed by atoms with Crippen molar-refractivity contribution in [1.82, 2.24) is 4.98 Å². The van der Waals surface area contributed by atoms with E-state index in [0.717, 1.165) is 16.7 Å². The van der Waals surface area contributed by atoms with Gasteiger partial charge in [-0.15, -0.1) is 0 Å². The Labute approximate surface area is 91.4 Å². The van der Waals surface area contributed by atoms with Crippen molar-refractivity contribution in [2.45, 2.75) is 0 Å². The molecule has 0 spiro atoms. The molecule has 0 aliphatic carbocycles. The topological polar surface area (TPSA) is 22.1 Å². The Morgan fingerprint density at radius 1 is 1.21 bits per heavy atom. The number of rotatable bonds is 1. The Kier molecular flexibility index (Phi) is 2.48. The van der Waals surface area contributed by atoms with Crippen LogP contribution in [0.3, 0.4) is 0 Å². The number of hydrogen-bond acceptors (Lipinski definition) is 2. The molecule has 0 saturated heterocycles. The molecule has 0 bridgehead atoms. The van der Waals surface area contributed by atoms with Crippen molar-refractivity contribution < 1.29 is 4.74 Å². The van der Waals surface area contributed by atoms with Gasteiger partial charge in [0.15, 0.2) is 0 Å². The van der Waals surface area contributed by atoms with Gasteiger partial charge in [-0.3, -0.25) is 0 Å². The van der Waals surface area contributed by atoms with Crippen LogP contribution in [0.1, 0.15) is 0 Å². The van der Waals surface area contributed by atoms with Gasteiger partial charge in [0.2, 0.25) is 0 Å². The zero-order valence-electron chi connectivity index (χ0n) is 7.42. The van der Waals surface area contributed by atoms with Crippen LogP contribution in [0, 0.1) is 0 Å². The maximum atomic E-state index is 5.85. The van der Waals surface area contributed by atoms with Gasteiger partial charge in [0.1, 0.15) is 10.9 Å². The monoisotopic (exact) mass is 227 g/mol. The molecular weight excluding hydrogens is 221 g/mol. The Balaban J connectivity index is 2.70. The first kappa shape index (κ1) is 9.56. The molecule has 14 heavy (non-hydrogen) atoms. The minimum Gasteiger partial charge on any atom is -0.497 e. The van der Waals surface area contributed by atoms with Crippen LogP contribution >= 0.6 is 23.2 Å². The average molecular weight is 228 g/mol. The van der Waals surface area contributed by atoms with Crippen molar-refractivity contribution in [1.29, 1.82) is 0 Å². The molecule has 0 saturated carbocycles. The smallest absolute Gasteiger partial charge is 0.148 e. The van der Waals surface area contributed by atoms with Crippen molar-refractivity contribution in [3.63, 3.8) is 0 Å². The van der Waals surface area contributed by atoms with E-state index in [4.69, 9.17) is 27.9 Å². The number of methoxy groups -OCH3 is 1. The van der Waals surface area contributed by atoms with E-state index >= 15 is 0 Å². The summed E-state index contributed by atoms with van der Waals surface area (Å²) in [5.41, 5.74) is 0.806. The van der Waals surface area contributed by atoms with Crippen LogP contribution in [0.5, 0.6) is 5.75 Å². The fourth-order valence-electron chi connectivity index (χ4n) is 1.23. The lowest BCUT2D eigenvalue weighted by molar-refractivity contribution is 0.415. The quantitative estimate of drug-likeness (QED) is 0.696. The van der Waals surface area contributed by atoms with Crippen LogP contribution < -0.4 is 4.74 Å². The first-order chi connectivity index (χ1) is 6.70. The summed E-state index contributed by atoms with van der Waals surface area (Å²) in [5, 5.41) is 1.69. The van der Waals surface area contributed by atoms with Crippen LogP contribution in [0.4, 0.5) is 0 Å². The highest BCUT2D eigenvalue weighted by atomic mass is 35.5. The van der Waals surface area contributed by atoms with Gasteiger partial charge in [0.25, 0.3) is 0 Å². The Morgan fingerprint density at radius 2 is 2.00 bits per heavy atom. The third-order valence-electron chi connectivity index (χ3n) is 1.93. The Morgan fingerprint density at radius 3 is 2.71 bits per heavy atom. The maximum Gasteiger partial charge on any atom is 0.148 e. The lowest BCUT2D eigenvalue weighted by Crippen LogP contribution is -1.85. The minimum absolute atomic E-state index is 0.323. The van der Waals surface area contributed by atoms with Crippen molar-refractivity contribution in [2.24, 2.45) is 0 Å². The largest absolute Gasteiger partial charge is 0.497 e. The molecular formula is C10H7Cl2NO. The zero-order chi connectivity index (χ0) is 10.1. The number of fused-ring (bicyclic) bond motifs is 1. The molecule has 4 heteroatoms. The number of halogens is 2. The fourth-order valence-corrected chi connectivity index (χ4v) is 1.54. The van der Waals surface area contributed by atoms with Gasteiger partial charge in [-0.2, -0.15) is 0 Å². The molecule has 0 aliphatic heterocycles. The molecule has 1 heterocycles. The van der Waals surface area contributed by atoms with Crippen molar-refractivity contribution in [2.75, 3.05) is 7.11 Å². The standard InChI is InChI=1S/C10H7Cl2NO/c1-14-7-2-3-9-6(4-7)5-8(11)10(12)13-9/h2-5H,1H3. The summed E-state index contributed by atoms with van der Waals surface area (Å²) in [6.07, 6.45) is 0. The summed E-state index contributed by atoms with van der Waals surface area (Å²) in [6.45, 7) is 0. The third kappa shape index (κ3) is 1.63. The number of nitrogens with zero attached hydrogens (tertiary/aromatic N) is 1. The second-order valence-electron chi connectivity index (χ2n) is 2.82. The number of aromatic nitrogens is 1. The maximum absolute atomic E-state index is 5.85. The molecule has 0 unspecified atom stereocenters. The van der Waals surface area contributed by atoms with Crippen LogP contribution in [0.25, 0.3) is 10.9 Å².